The van der Waals surface area contributed by atoms with E-state index in [0.29, 0.717) is 0 Å². The van der Waals surface area contributed by atoms with Gasteiger partial charge in [-0.2, -0.15) is 0 Å². The maximum Gasteiger partial charge on any atom is 0.192 e. The second-order valence-corrected chi connectivity index (χ2v) is 14.6. The third kappa shape index (κ3) is 6.11. The number of rotatable bonds is 12. The molecule has 116 valence electrons. The monoisotopic (exact) mass is 304 g/mol. The van der Waals surface area contributed by atoms with Gasteiger partial charge in [0, 0.05) is 13.2 Å². The normalized spacial score (nSPS) is 12.9. The van der Waals surface area contributed by atoms with Gasteiger partial charge in [-0.05, 0) is 50.1 Å². The molecule has 0 bridgehead atoms. The molecule has 0 saturated carbocycles. The summed E-state index contributed by atoms with van der Waals surface area (Å²) < 4.78 is 12.4. The summed E-state index contributed by atoms with van der Waals surface area (Å²) in [7, 11) is -2.85. The molecule has 0 amide bonds. The topological polar surface area (TPSA) is 18.5 Å². The van der Waals surface area contributed by atoms with E-state index >= 15 is 0 Å². The van der Waals surface area contributed by atoms with Crippen LogP contribution in [0.25, 0.3) is 0 Å². The molecule has 0 fully saturated rings. The van der Waals surface area contributed by atoms with Gasteiger partial charge in [-0.1, -0.05) is 34.1 Å². The molecule has 0 aliphatic carbocycles. The molecule has 0 unspecified atom stereocenters. The largest absolute Gasteiger partial charge is 0.417 e. The lowest BCUT2D eigenvalue weighted by Crippen LogP contribution is -2.39. The van der Waals surface area contributed by atoms with Crippen LogP contribution in [0.3, 0.4) is 0 Å². The maximum absolute atomic E-state index is 6.18. The molecule has 4 heteroatoms. The first-order valence-electron chi connectivity index (χ1n) is 8.35. The summed E-state index contributed by atoms with van der Waals surface area (Å²) in [5.41, 5.74) is 0. The molecule has 0 aliphatic rings. The van der Waals surface area contributed by atoms with Gasteiger partial charge in [-0.15, -0.1) is 0 Å². The van der Waals surface area contributed by atoms with Gasteiger partial charge in [0.1, 0.15) is 0 Å². The van der Waals surface area contributed by atoms with Crippen molar-refractivity contribution >= 4 is 16.6 Å². The van der Waals surface area contributed by atoms with E-state index in [1.165, 1.54) is 42.7 Å². The first kappa shape index (κ1) is 19.4. The molecule has 0 aliphatic heterocycles. The van der Waals surface area contributed by atoms with E-state index < -0.39 is 16.6 Å². The highest BCUT2D eigenvalue weighted by atomic mass is 28.4. The fourth-order valence-electron chi connectivity index (χ4n) is 3.10. The van der Waals surface area contributed by atoms with E-state index in [0.717, 1.165) is 13.2 Å². The Morgan fingerprint density at radius 3 is 1.11 bits per heavy atom. The Labute approximate surface area is 123 Å². The summed E-state index contributed by atoms with van der Waals surface area (Å²) in [4.78, 5) is 0. The van der Waals surface area contributed by atoms with E-state index in [-0.39, 0.29) is 0 Å². The van der Waals surface area contributed by atoms with Crippen molar-refractivity contribution in [3.63, 3.8) is 0 Å². The molecule has 0 heterocycles. The lowest BCUT2D eigenvalue weighted by molar-refractivity contribution is 0.313. The molecule has 0 spiro atoms. The van der Waals surface area contributed by atoms with Crippen LogP contribution >= 0.6 is 0 Å². The van der Waals surface area contributed by atoms with Crippen molar-refractivity contribution in [3.05, 3.63) is 0 Å². The molecular formula is C15H36O2Si2. The predicted molar refractivity (Wildman–Crippen MR) is 90.9 cm³/mol. The van der Waals surface area contributed by atoms with Gasteiger partial charge in [0.15, 0.2) is 16.6 Å². The van der Waals surface area contributed by atoms with Gasteiger partial charge in [-0.25, -0.2) is 0 Å². The van der Waals surface area contributed by atoms with E-state index in [1.54, 1.807) is 0 Å². The lowest BCUT2D eigenvalue weighted by Gasteiger charge is -2.32. The molecular weight excluding hydrogens is 268 g/mol. The van der Waals surface area contributed by atoms with Crippen LogP contribution in [-0.2, 0) is 8.85 Å². The van der Waals surface area contributed by atoms with Crippen molar-refractivity contribution in [3.8, 4) is 0 Å². The van der Waals surface area contributed by atoms with Crippen molar-refractivity contribution in [2.75, 3.05) is 13.2 Å². The lowest BCUT2D eigenvalue weighted by atomic mass is 10.6. The SMILES string of the molecule is CCO[Si](CC)(CC)CCC[Si](CC)(CC)OCC. The quantitative estimate of drug-likeness (QED) is 0.448. The average Bonchev–Trinajstić information content (AvgIpc) is 2.45. The summed E-state index contributed by atoms with van der Waals surface area (Å²) in [6.07, 6.45) is 1.32. The Morgan fingerprint density at radius 1 is 0.579 bits per heavy atom. The molecule has 19 heavy (non-hydrogen) atoms. The van der Waals surface area contributed by atoms with Crippen LogP contribution in [0.4, 0.5) is 0 Å². The number of hydrogen-bond donors (Lipinski definition) is 0. The molecule has 0 atom stereocenters. The molecule has 0 aromatic rings. The van der Waals surface area contributed by atoms with Crippen LogP contribution < -0.4 is 0 Å². The predicted octanol–water partition coefficient (Wildman–Crippen LogP) is 5.42. The zero-order chi connectivity index (χ0) is 14.8. The molecule has 0 N–H and O–H groups in total. The summed E-state index contributed by atoms with van der Waals surface area (Å²) in [6.45, 7) is 15.3. The zero-order valence-corrected chi connectivity index (χ0v) is 16.2. The highest BCUT2D eigenvalue weighted by molar-refractivity contribution is 6.75. The van der Waals surface area contributed by atoms with Crippen LogP contribution in [0.2, 0.25) is 36.3 Å². The van der Waals surface area contributed by atoms with E-state index in [4.69, 9.17) is 8.85 Å². The van der Waals surface area contributed by atoms with Gasteiger partial charge in [0.2, 0.25) is 0 Å². The number of hydrogen-bond acceptors (Lipinski definition) is 2. The Morgan fingerprint density at radius 2 is 0.895 bits per heavy atom. The Hall–Kier alpha value is 0.354. The highest BCUT2D eigenvalue weighted by Crippen LogP contribution is 2.30. The first-order chi connectivity index (χ1) is 9.07. The second-order valence-electron chi connectivity index (χ2n) is 5.50. The summed E-state index contributed by atoms with van der Waals surface area (Å²) >= 11 is 0. The Balaban J connectivity index is 4.43. The van der Waals surface area contributed by atoms with E-state index in [1.807, 2.05) is 0 Å². The van der Waals surface area contributed by atoms with Crippen LogP contribution in [-0.4, -0.2) is 29.8 Å². The average molecular weight is 305 g/mol. The Bertz CT molecular complexity index is 192. The van der Waals surface area contributed by atoms with Crippen molar-refractivity contribution < 1.29 is 8.85 Å². The fourth-order valence-corrected chi connectivity index (χ4v) is 9.84. The first-order valence-corrected chi connectivity index (χ1v) is 13.4. The maximum atomic E-state index is 6.18. The molecule has 0 rings (SSSR count). The summed E-state index contributed by atoms with van der Waals surface area (Å²) in [5, 5.41) is 0. The van der Waals surface area contributed by atoms with Crippen LogP contribution in [0.1, 0.15) is 48.0 Å². The van der Waals surface area contributed by atoms with Crippen molar-refractivity contribution in [1.29, 1.82) is 0 Å². The molecule has 0 saturated heterocycles. The third-order valence-corrected chi connectivity index (χ3v) is 14.2. The smallest absolute Gasteiger partial charge is 0.192 e. The molecule has 2 nitrogen and oxygen atoms in total. The summed E-state index contributed by atoms with van der Waals surface area (Å²) in [6, 6.07) is 7.71. The van der Waals surface area contributed by atoms with Gasteiger partial charge < -0.3 is 8.85 Å². The van der Waals surface area contributed by atoms with Crippen molar-refractivity contribution in [2.45, 2.75) is 84.2 Å². The van der Waals surface area contributed by atoms with Gasteiger partial charge in [0.25, 0.3) is 0 Å². The Kier molecular flexibility index (Phi) is 10.3. The van der Waals surface area contributed by atoms with Crippen molar-refractivity contribution in [2.24, 2.45) is 0 Å². The second kappa shape index (κ2) is 10.1. The van der Waals surface area contributed by atoms with Crippen molar-refractivity contribution in [1.82, 2.24) is 0 Å². The molecule has 0 aromatic heterocycles. The third-order valence-electron chi connectivity index (χ3n) is 4.74. The fraction of sp³-hybridized carbons (Fsp3) is 1.00. The standard InChI is InChI=1S/C15H36O2Si2/c1-7-16-18(9-3,10-4)14-13-15-19(11-5,12-6)17-8-2/h7-15H2,1-6H3. The van der Waals surface area contributed by atoms with Gasteiger partial charge >= 0.3 is 0 Å². The zero-order valence-electron chi connectivity index (χ0n) is 14.2. The molecule has 0 aromatic carbocycles. The highest BCUT2D eigenvalue weighted by Gasteiger charge is 2.34. The van der Waals surface area contributed by atoms with Gasteiger partial charge in [-0.3, -0.25) is 0 Å². The minimum atomic E-state index is -1.43. The van der Waals surface area contributed by atoms with Crippen LogP contribution in [0.15, 0.2) is 0 Å². The van der Waals surface area contributed by atoms with E-state index in [9.17, 15) is 0 Å². The van der Waals surface area contributed by atoms with E-state index in [2.05, 4.69) is 41.5 Å². The van der Waals surface area contributed by atoms with Gasteiger partial charge in [0.05, 0.1) is 0 Å². The van der Waals surface area contributed by atoms with Crippen LogP contribution in [0.5, 0.6) is 0 Å². The minimum absolute atomic E-state index is 0.892. The molecule has 0 radical (unpaired) electrons. The van der Waals surface area contributed by atoms with Crippen LogP contribution in [0, 0.1) is 0 Å². The summed E-state index contributed by atoms with van der Waals surface area (Å²) in [5.74, 6) is 0. The minimum Gasteiger partial charge on any atom is -0.417 e.